The van der Waals surface area contributed by atoms with Gasteiger partial charge in [-0.05, 0) is 74.2 Å². The van der Waals surface area contributed by atoms with E-state index in [-0.39, 0.29) is 0 Å². The van der Waals surface area contributed by atoms with E-state index in [0.717, 1.165) is 48.5 Å². The van der Waals surface area contributed by atoms with Crippen molar-refractivity contribution in [2.75, 3.05) is 7.05 Å². The number of nitriles is 1. The van der Waals surface area contributed by atoms with Crippen LogP contribution in [0.5, 0.6) is 5.75 Å². The number of nitrogens with zero attached hydrogens (tertiary/aromatic N) is 3. The van der Waals surface area contributed by atoms with Gasteiger partial charge in [0, 0.05) is 36.9 Å². The number of pyridine rings is 1. The number of benzene rings is 2. The maximum atomic E-state index is 8.94. The van der Waals surface area contributed by atoms with Crippen LogP contribution >= 0.6 is 0 Å². The topological polar surface area (TPSA) is 61.2 Å². The van der Waals surface area contributed by atoms with Crippen LogP contribution in [0.1, 0.15) is 42.4 Å². The second kappa shape index (κ2) is 9.74. The zero-order valence-electron chi connectivity index (χ0n) is 19.1. The lowest BCUT2D eigenvalue weighted by Gasteiger charge is -2.36. The van der Waals surface area contributed by atoms with Crippen molar-refractivity contribution in [1.29, 1.82) is 5.26 Å². The zero-order valence-corrected chi connectivity index (χ0v) is 19.1. The molecule has 2 aromatic carbocycles. The molecule has 5 rings (SSSR count). The second-order valence-corrected chi connectivity index (χ2v) is 9.25. The van der Waals surface area contributed by atoms with E-state index < -0.39 is 0 Å². The maximum absolute atomic E-state index is 8.94. The van der Waals surface area contributed by atoms with E-state index >= 15 is 0 Å². The Morgan fingerprint density at radius 1 is 1.00 bits per heavy atom. The summed E-state index contributed by atoms with van der Waals surface area (Å²) in [5.41, 5.74) is 4.96. The molecule has 33 heavy (non-hydrogen) atoms. The van der Waals surface area contributed by atoms with Gasteiger partial charge in [0.15, 0.2) is 0 Å². The number of piperidine rings is 1. The minimum atomic E-state index is 0.336. The van der Waals surface area contributed by atoms with E-state index in [2.05, 4.69) is 58.6 Å². The molecule has 3 heterocycles. The van der Waals surface area contributed by atoms with Crippen LogP contribution in [0.15, 0.2) is 66.9 Å². The average molecular weight is 439 g/mol. The molecular formula is C28H30N4O. The van der Waals surface area contributed by atoms with Crippen LogP contribution in [0.4, 0.5) is 0 Å². The molecule has 5 nitrogen and oxygen atoms in total. The Morgan fingerprint density at radius 2 is 1.76 bits per heavy atom. The van der Waals surface area contributed by atoms with E-state index in [1.54, 1.807) is 0 Å². The van der Waals surface area contributed by atoms with Crippen molar-refractivity contribution >= 4 is 0 Å². The minimum Gasteiger partial charge on any atom is -0.490 e. The summed E-state index contributed by atoms with van der Waals surface area (Å²) in [5.74, 6) is 0.983. The van der Waals surface area contributed by atoms with Gasteiger partial charge in [-0.25, -0.2) is 0 Å². The molecule has 1 N–H and O–H groups in total. The van der Waals surface area contributed by atoms with Gasteiger partial charge < -0.3 is 15.0 Å². The predicted molar refractivity (Wildman–Crippen MR) is 130 cm³/mol. The Balaban J connectivity index is 1.12. The Morgan fingerprint density at radius 3 is 2.45 bits per heavy atom. The van der Waals surface area contributed by atoms with Crippen molar-refractivity contribution in [2.24, 2.45) is 0 Å². The van der Waals surface area contributed by atoms with Crippen molar-refractivity contribution in [3.8, 4) is 23.1 Å². The Hall–Kier alpha value is -3.20. The molecule has 2 bridgehead atoms. The minimum absolute atomic E-state index is 0.336. The van der Waals surface area contributed by atoms with Gasteiger partial charge in [0.25, 0.3) is 0 Å². The molecule has 168 valence electrons. The molecule has 3 atom stereocenters. The number of hydrogen-bond donors (Lipinski definition) is 1. The lowest BCUT2D eigenvalue weighted by molar-refractivity contribution is 0.0661. The van der Waals surface area contributed by atoms with E-state index in [1.807, 2.05) is 36.5 Å². The van der Waals surface area contributed by atoms with Crippen molar-refractivity contribution < 1.29 is 4.74 Å². The van der Waals surface area contributed by atoms with Gasteiger partial charge in [-0.2, -0.15) is 5.26 Å². The van der Waals surface area contributed by atoms with Gasteiger partial charge in [-0.3, -0.25) is 4.98 Å². The summed E-state index contributed by atoms with van der Waals surface area (Å²) in [6, 6.07) is 23.6. The standard InChI is InChI=1S/C28H30N4O/c1-32-24-10-11-25(32)15-27(14-24)33-26-4-2-3-21(13-26)17-30-18-22-7-12-28(31-19-22)23-8-5-20(16-29)6-9-23/h2-9,12-13,19,24-25,27,30H,10-11,14-15,17-18H2,1H3/t24-,25+,27+. The molecule has 1 aromatic heterocycles. The highest BCUT2D eigenvalue weighted by Crippen LogP contribution is 2.36. The molecule has 0 aliphatic carbocycles. The SMILES string of the molecule is CN1[C@@H]2CC[C@H]1C[C@@H](Oc1cccc(CNCc3ccc(-c4ccc(C#N)cc4)nc3)c1)C2. The summed E-state index contributed by atoms with van der Waals surface area (Å²) in [5, 5.41) is 12.5. The van der Waals surface area contributed by atoms with Crippen LogP contribution in [-0.2, 0) is 13.1 Å². The van der Waals surface area contributed by atoms with Gasteiger partial charge in [0.2, 0.25) is 0 Å². The third-order valence-corrected chi connectivity index (χ3v) is 7.05. The van der Waals surface area contributed by atoms with E-state index in [0.29, 0.717) is 23.8 Å². The number of nitrogens with one attached hydrogen (secondary N) is 1. The highest BCUT2D eigenvalue weighted by molar-refractivity contribution is 5.60. The van der Waals surface area contributed by atoms with Gasteiger partial charge in [0.05, 0.1) is 17.3 Å². The van der Waals surface area contributed by atoms with Crippen LogP contribution in [0.3, 0.4) is 0 Å². The van der Waals surface area contributed by atoms with Gasteiger partial charge >= 0.3 is 0 Å². The number of ether oxygens (including phenoxy) is 1. The molecule has 5 heteroatoms. The fourth-order valence-electron chi connectivity index (χ4n) is 5.15. The maximum Gasteiger partial charge on any atom is 0.120 e. The smallest absolute Gasteiger partial charge is 0.120 e. The fourth-order valence-corrected chi connectivity index (χ4v) is 5.15. The average Bonchev–Trinajstić information content (AvgIpc) is 3.05. The highest BCUT2D eigenvalue weighted by atomic mass is 16.5. The molecular weight excluding hydrogens is 408 g/mol. The molecule has 2 saturated heterocycles. The fraction of sp³-hybridized carbons (Fsp3) is 0.357. The Labute approximate surface area is 196 Å². The zero-order chi connectivity index (χ0) is 22.6. The Kier molecular flexibility index (Phi) is 6.39. The number of fused-ring (bicyclic) bond motifs is 2. The van der Waals surface area contributed by atoms with Gasteiger partial charge in [0.1, 0.15) is 11.9 Å². The first-order valence-corrected chi connectivity index (χ1v) is 11.8. The first-order valence-electron chi connectivity index (χ1n) is 11.8. The van der Waals surface area contributed by atoms with Crippen molar-refractivity contribution in [3.63, 3.8) is 0 Å². The second-order valence-electron chi connectivity index (χ2n) is 9.25. The first-order chi connectivity index (χ1) is 16.2. The molecule has 3 aromatic rings. The lowest BCUT2D eigenvalue weighted by atomic mass is 10.0. The molecule has 0 saturated carbocycles. The number of rotatable bonds is 7. The molecule has 2 aliphatic heterocycles. The molecule has 0 spiro atoms. The van der Waals surface area contributed by atoms with Crippen LogP contribution in [0, 0.1) is 11.3 Å². The third-order valence-electron chi connectivity index (χ3n) is 7.05. The quantitative estimate of drug-likeness (QED) is 0.568. The third kappa shape index (κ3) is 5.08. The summed E-state index contributed by atoms with van der Waals surface area (Å²) < 4.78 is 6.38. The molecule has 0 unspecified atom stereocenters. The van der Waals surface area contributed by atoms with Crippen LogP contribution in [0.25, 0.3) is 11.3 Å². The first kappa shape index (κ1) is 21.6. The summed E-state index contributed by atoms with van der Waals surface area (Å²) in [7, 11) is 2.26. The van der Waals surface area contributed by atoms with Crippen LogP contribution in [-0.4, -0.2) is 35.1 Å². The molecule has 0 amide bonds. The number of aromatic nitrogens is 1. The van der Waals surface area contributed by atoms with E-state index in [1.165, 1.54) is 18.4 Å². The van der Waals surface area contributed by atoms with Crippen molar-refractivity contribution in [1.82, 2.24) is 15.2 Å². The molecule has 0 radical (unpaired) electrons. The monoisotopic (exact) mass is 438 g/mol. The summed E-state index contributed by atoms with van der Waals surface area (Å²) >= 11 is 0. The van der Waals surface area contributed by atoms with Gasteiger partial charge in [-0.15, -0.1) is 0 Å². The number of hydrogen-bond acceptors (Lipinski definition) is 5. The van der Waals surface area contributed by atoms with Crippen LogP contribution < -0.4 is 10.1 Å². The van der Waals surface area contributed by atoms with E-state index in [9.17, 15) is 0 Å². The van der Waals surface area contributed by atoms with E-state index in [4.69, 9.17) is 10.00 Å². The van der Waals surface area contributed by atoms with Crippen molar-refractivity contribution in [2.45, 2.75) is 57.0 Å². The largest absolute Gasteiger partial charge is 0.490 e. The van der Waals surface area contributed by atoms with Gasteiger partial charge in [-0.1, -0.05) is 30.3 Å². The predicted octanol–water partition coefficient (Wildman–Crippen LogP) is 4.91. The molecule has 2 aliphatic rings. The van der Waals surface area contributed by atoms with Crippen LogP contribution in [0.2, 0.25) is 0 Å². The normalized spacial score (nSPS) is 22.1. The summed E-state index contributed by atoms with van der Waals surface area (Å²) in [4.78, 5) is 7.13. The summed E-state index contributed by atoms with van der Waals surface area (Å²) in [6.07, 6.45) is 7.15. The van der Waals surface area contributed by atoms with Crippen molar-refractivity contribution in [3.05, 3.63) is 83.6 Å². The Bertz CT molecular complexity index is 1110. The molecule has 2 fully saturated rings. The highest BCUT2D eigenvalue weighted by Gasteiger charge is 2.39. The lowest BCUT2D eigenvalue weighted by Crippen LogP contribution is -2.43. The summed E-state index contributed by atoms with van der Waals surface area (Å²) in [6.45, 7) is 1.54.